The van der Waals surface area contributed by atoms with Crippen molar-refractivity contribution >= 4 is 5.91 Å². The SMILES string of the molecule is COc1cccc(Cn2ncnc2[C@@H]2CCCCN2C(=O)c2ccccc2)c1. The van der Waals surface area contributed by atoms with Crippen LogP contribution in [0.3, 0.4) is 0 Å². The van der Waals surface area contributed by atoms with Gasteiger partial charge < -0.3 is 9.64 Å². The topological polar surface area (TPSA) is 60.2 Å². The van der Waals surface area contributed by atoms with E-state index in [1.807, 2.05) is 64.2 Å². The van der Waals surface area contributed by atoms with Crippen LogP contribution in [0.1, 0.15) is 47.1 Å². The van der Waals surface area contributed by atoms with Gasteiger partial charge in [-0.05, 0) is 49.1 Å². The molecule has 144 valence electrons. The van der Waals surface area contributed by atoms with Gasteiger partial charge in [0, 0.05) is 12.1 Å². The highest BCUT2D eigenvalue weighted by atomic mass is 16.5. The first-order valence-electron chi connectivity index (χ1n) is 9.63. The lowest BCUT2D eigenvalue weighted by Gasteiger charge is -2.35. The molecule has 0 unspecified atom stereocenters. The smallest absolute Gasteiger partial charge is 0.254 e. The van der Waals surface area contributed by atoms with Crippen molar-refractivity contribution in [1.82, 2.24) is 19.7 Å². The van der Waals surface area contributed by atoms with Crippen LogP contribution in [0, 0.1) is 0 Å². The number of nitrogens with zero attached hydrogens (tertiary/aromatic N) is 4. The van der Waals surface area contributed by atoms with Crippen molar-refractivity contribution in [3.63, 3.8) is 0 Å². The van der Waals surface area contributed by atoms with Gasteiger partial charge in [-0.2, -0.15) is 5.10 Å². The Hall–Kier alpha value is -3.15. The number of carbonyl (C=O) groups is 1. The summed E-state index contributed by atoms with van der Waals surface area (Å²) >= 11 is 0. The maximum Gasteiger partial charge on any atom is 0.254 e. The second kappa shape index (κ2) is 8.25. The lowest BCUT2D eigenvalue weighted by molar-refractivity contribution is 0.0594. The minimum Gasteiger partial charge on any atom is -0.497 e. The first-order valence-corrected chi connectivity index (χ1v) is 9.63. The van der Waals surface area contributed by atoms with Gasteiger partial charge in [0.2, 0.25) is 0 Å². The Labute approximate surface area is 164 Å². The number of ether oxygens (including phenoxy) is 1. The predicted octanol–water partition coefficient (Wildman–Crippen LogP) is 3.70. The number of carbonyl (C=O) groups excluding carboxylic acids is 1. The molecule has 1 fully saturated rings. The monoisotopic (exact) mass is 376 g/mol. The molecule has 3 aromatic rings. The zero-order valence-electron chi connectivity index (χ0n) is 16.0. The van der Waals surface area contributed by atoms with Crippen molar-refractivity contribution in [1.29, 1.82) is 0 Å². The van der Waals surface area contributed by atoms with Gasteiger partial charge in [-0.1, -0.05) is 30.3 Å². The van der Waals surface area contributed by atoms with Gasteiger partial charge in [-0.3, -0.25) is 4.79 Å². The van der Waals surface area contributed by atoms with Gasteiger partial charge in [0.1, 0.15) is 17.9 Å². The summed E-state index contributed by atoms with van der Waals surface area (Å²) in [4.78, 5) is 19.6. The molecule has 1 atom stereocenters. The molecule has 0 N–H and O–H groups in total. The molecule has 1 aliphatic heterocycles. The average molecular weight is 376 g/mol. The number of piperidine rings is 1. The van der Waals surface area contributed by atoms with E-state index in [2.05, 4.69) is 10.1 Å². The van der Waals surface area contributed by atoms with Crippen molar-refractivity contribution in [3.05, 3.63) is 77.9 Å². The Morgan fingerprint density at radius 1 is 1.14 bits per heavy atom. The molecule has 1 amide bonds. The van der Waals surface area contributed by atoms with E-state index in [1.54, 1.807) is 13.4 Å². The molecule has 6 nitrogen and oxygen atoms in total. The summed E-state index contributed by atoms with van der Waals surface area (Å²) in [6, 6.07) is 17.3. The van der Waals surface area contributed by atoms with Crippen LogP contribution in [-0.2, 0) is 6.54 Å². The van der Waals surface area contributed by atoms with Gasteiger partial charge in [0.15, 0.2) is 0 Å². The number of amides is 1. The van der Waals surface area contributed by atoms with Crippen LogP contribution in [0.2, 0.25) is 0 Å². The van der Waals surface area contributed by atoms with Gasteiger partial charge >= 0.3 is 0 Å². The summed E-state index contributed by atoms with van der Waals surface area (Å²) in [5.41, 5.74) is 1.80. The van der Waals surface area contributed by atoms with Crippen molar-refractivity contribution < 1.29 is 9.53 Å². The molecule has 1 saturated heterocycles. The highest BCUT2D eigenvalue weighted by Gasteiger charge is 2.31. The van der Waals surface area contributed by atoms with E-state index in [1.165, 1.54) is 0 Å². The van der Waals surface area contributed by atoms with E-state index in [0.717, 1.165) is 42.9 Å². The number of rotatable bonds is 5. The molecule has 4 rings (SSSR count). The summed E-state index contributed by atoms with van der Waals surface area (Å²) in [5, 5.41) is 4.44. The number of methoxy groups -OCH3 is 1. The van der Waals surface area contributed by atoms with E-state index < -0.39 is 0 Å². The molecule has 0 spiro atoms. The zero-order chi connectivity index (χ0) is 19.3. The molecule has 0 saturated carbocycles. The summed E-state index contributed by atoms with van der Waals surface area (Å²) in [7, 11) is 1.66. The minimum atomic E-state index is -0.0606. The third-order valence-electron chi connectivity index (χ3n) is 5.19. The first-order chi connectivity index (χ1) is 13.8. The average Bonchev–Trinajstić information content (AvgIpc) is 3.22. The summed E-state index contributed by atoms with van der Waals surface area (Å²) in [5.74, 6) is 1.71. The third-order valence-corrected chi connectivity index (χ3v) is 5.19. The number of hydrogen-bond acceptors (Lipinski definition) is 4. The fourth-order valence-corrected chi connectivity index (χ4v) is 3.79. The predicted molar refractivity (Wildman–Crippen MR) is 106 cm³/mol. The molecule has 0 aliphatic carbocycles. The van der Waals surface area contributed by atoms with E-state index in [-0.39, 0.29) is 11.9 Å². The van der Waals surface area contributed by atoms with Gasteiger partial charge in [-0.25, -0.2) is 9.67 Å². The van der Waals surface area contributed by atoms with E-state index in [0.29, 0.717) is 12.1 Å². The Morgan fingerprint density at radius 3 is 2.82 bits per heavy atom. The Balaban J connectivity index is 1.60. The van der Waals surface area contributed by atoms with Crippen molar-refractivity contribution in [3.8, 4) is 5.75 Å². The van der Waals surface area contributed by atoms with Gasteiger partial charge in [0.25, 0.3) is 5.91 Å². The molecule has 0 radical (unpaired) electrons. The van der Waals surface area contributed by atoms with Crippen LogP contribution < -0.4 is 4.74 Å². The van der Waals surface area contributed by atoms with E-state index in [9.17, 15) is 4.79 Å². The number of hydrogen-bond donors (Lipinski definition) is 0. The minimum absolute atomic E-state index is 0.0567. The van der Waals surface area contributed by atoms with Gasteiger partial charge in [-0.15, -0.1) is 0 Å². The third kappa shape index (κ3) is 3.76. The molecule has 28 heavy (non-hydrogen) atoms. The molecule has 2 aromatic carbocycles. The lowest BCUT2D eigenvalue weighted by Crippen LogP contribution is -2.39. The van der Waals surface area contributed by atoms with Crippen LogP contribution in [0.15, 0.2) is 60.9 Å². The maximum atomic E-state index is 13.1. The molecular formula is C22H24N4O2. The molecule has 0 bridgehead atoms. The summed E-state index contributed by atoms with van der Waals surface area (Å²) in [6.07, 6.45) is 4.57. The first kappa shape index (κ1) is 18.2. The molecular weight excluding hydrogens is 352 g/mol. The number of likely N-dealkylation sites (tertiary alicyclic amines) is 1. The lowest BCUT2D eigenvalue weighted by atomic mass is 10.00. The zero-order valence-corrected chi connectivity index (χ0v) is 16.0. The Bertz CT molecular complexity index is 938. The Morgan fingerprint density at radius 2 is 2.00 bits per heavy atom. The molecule has 6 heteroatoms. The van der Waals surface area contributed by atoms with E-state index in [4.69, 9.17) is 4.74 Å². The van der Waals surface area contributed by atoms with Crippen LogP contribution >= 0.6 is 0 Å². The largest absolute Gasteiger partial charge is 0.497 e. The molecule has 2 heterocycles. The highest BCUT2D eigenvalue weighted by molar-refractivity contribution is 5.94. The van der Waals surface area contributed by atoms with Gasteiger partial charge in [0.05, 0.1) is 19.7 Å². The second-order valence-corrected chi connectivity index (χ2v) is 7.00. The number of benzene rings is 2. The van der Waals surface area contributed by atoms with Crippen molar-refractivity contribution in [2.45, 2.75) is 31.8 Å². The number of aromatic nitrogens is 3. The van der Waals surface area contributed by atoms with Crippen LogP contribution in [0.5, 0.6) is 5.75 Å². The van der Waals surface area contributed by atoms with Crippen molar-refractivity contribution in [2.75, 3.05) is 13.7 Å². The quantitative estimate of drug-likeness (QED) is 0.681. The summed E-state index contributed by atoms with van der Waals surface area (Å²) in [6.45, 7) is 1.33. The van der Waals surface area contributed by atoms with Crippen LogP contribution in [0.4, 0.5) is 0 Å². The fraction of sp³-hybridized carbons (Fsp3) is 0.318. The molecule has 1 aliphatic rings. The van der Waals surface area contributed by atoms with E-state index >= 15 is 0 Å². The van der Waals surface area contributed by atoms with Crippen LogP contribution in [-0.4, -0.2) is 39.2 Å². The van der Waals surface area contributed by atoms with Crippen molar-refractivity contribution in [2.24, 2.45) is 0 Å². The maximum absolute atomic E-state index is 13.1. The summed E-state index contributed by atoms with van der Waals surface area (Å²) < 4.78 is 7.22. The fourth-order valence-electron chi connectivity index (χ4n) is 3.79. The second-order valence-electron chi connectivity index (χ2n) is 7.00. The molecule has 1 aromatic heterocycles. The Kier molecular flexibility index (Phi) is 5.37. The van der Waals surface area contributed by atoms with Crippen LogP contribution in [0.25, 0.3) is 0 Å². The standard InChI is InChI=1S/C22H24N4O2/c1-28-19-11-7-8-17(14-19)15-26-21(23-16-24-26)20-12-5-6-13-25(20)22(27)18-9-3-2-4-10-18/h2-4,7-11,14,16,20H,5-6,12-13,15H2,1H3/t20-/m0/s1. The highest BCUT2D eigenvalue weighted by Crippen LogP contribution is 2.31. The normalized spacial score (nSPS) is 16.8.